The molecule has 2 rings (SSSR count). The van der Waals surface area contributed by atoms with Gasteiger partial charge in [-0.2, -0.15) is 10.5 Å². The van der Waals surface area contributed by atoms with E-state index in [1.54, 1.807) is 12.1 Å². The molecule has 1 aromatic heterocycles. The van der Waals surface area contributed by atoms with Crippen molar-refractivity contribution in [2.45, 2.75) is 5.03 Å². The van der Waals surface area contributed by atoms with Crippen LogP contribution in [0, 0.1) is 22.7 Å². The maximum atomic E-state index is 11.1. The van der Waals surface area contributed by atoms with Gasteiger partial charge in [0, 0.05) is 17.9 Å². The number of benzene rings is 1. The molecule has 0 aliphatic rings. The summed E-state index contributed by atoms with van der Waals surface area (Å²) >= 11 is 1.23. The van der Waals surface area contributed by atoms with Gasteiger partial charge in [0.25, 0.3) is 0 Å². The van der Waals surface area contributed by atoms with E-state index in [9.17, 15) is 20.4 Å². The third-order valence-electron chi connectivity index (χ3n) is 3.37. The van der Waals surface area contributed by atoms with Crippen LogP contribution in [0.5, 0.6) is 5.75 Å². The molecule has 0 aliphatic carbocycles. The number of nitrogens with two attached hydrogens (primary N) is 1. The van der Waals surface area contributed by atoms with Gasteiger partial charge in [0.05, 0.1) is 12.7 Å². The van der Waals surface area contributed by atoms with E-state index in [4.69, 9.17) is 5.73 Å². The highest BCUT2D eigenvalue weighted by atomic mass is 32.2. The van der Waals surface area contributed by atoms with Crippen molar-refractivity contribution in [3.63, 3.8) is 0 Å². The third-order valence-corrected chi connectivity index (χ3v) is 4.34. The number of phenolic OH excluding ortho intramolecular Hbond substituents is 1. The monoisotopic (exact) mass is 369 g/mol. The van der Waals surface area contributed by atoms with Crippen LogP contribution in [0.2, 0.25) is 0 Å². The molecule has 8 nitrogen and oxygen atoms in total. The summed E-state index contributed by atoms with van der Waals surface area (Å²) in [5.41, 5.74) is 7.15. The summed E-state index contributed by atoms with van der Waals surface area (Å²) in [4.78, 5) is 15.2. The molecule has 0 spiro atoms. The van der Waals surface area contributed by atoms with Crippen molar-refractivity contribution < 1.29 is 14.6 Å². The highest BCUT2D eigenvalue weighted by molar-refractivity contribution is 7.99. The van der Waals surface area contributed by atoms with Gasteiger partial charge in [0.1, 0.15) is 34.3 Å². The molecule has 1 aromatic carbocycles. The van der Waals surface area contributed by atoms with Gasteiger partial charge in [0.15, 0.2) is 0 Å². The summed E-state index contributed by atoms with van der Waals surface area (Å²) in [5, 5.41) is 31.4. The topological polar surface area (TPSA) is 145 Å². The second-order valence-corrected chi connectivity index (χ2v) is 6.05. The summed E-state index contributed by atoms with van der Waals surface area (Å²) < 4.78 is 4.48. The van der Waals surface area contributed by atoms with Crippen LogP contribution in [0.3, 0.4) is 0 Å². The van der Waals surface area contributed by atoms with E-state index < -0.39 is 6.09 Å². The molecule has 0 fully saturated rings. The van der Waals surface area contributed by atoms with Gasteiger partial charge in [0.2, 0.25) is 0 Å². The smallest absolute Gasteiger partial charge is 0.406 e. The Morgan fingerprint density at radius 1 is 1.31 bits per heavy atom. The first-order valence-corrected chi connectivity index (χ1v) is 8.38. The average molecular weight is 369 g/mol. The maximum absolute atomic E-state index is 11.1. The zero-order valence-electron chi connectivity index (χ0n) is 13.8. The van der Waals surface area contributed by atoms with E-state index in [-0.39, 0.29) is 22.7 Å². The van der Waals surface area contributed by atoms with Crippen LogP contribution in [0.4, 0.5) is 10.6 Å². The van der Waals surface area contributed by atoms with E-state index >= 15 is 0 Å². The number of anilines is 1. The summed E-state index contributed by atoms with van der Waals surface area (Å²) in [5.74, 6) is 0.506. The molecule has 0 atom stereocenters. The van der Waals surface area contributed by atoms with Gasteiger partial charge in [-0.15, -0.1) is 11.8 Å². The summed E-state index contributed by atoms with van der Waals surface area (Å²) in [6.45, 7) is 0.304. The number of rotatable bonds is 5. The first kappa shape index (κ1) is 18.9. The number of nitrogens with zero attached hydrogens (tertiary/aromatic N) is 3. The van der Waals surface area contributed by atoms with Crippen molar-refractivity contribution >= 4 is 23.7 Å². The molecule has 4 N–H and O–H groups in total. The van der Waals surface area contributed by atoms with Gasteiger partial charge in [-0.1, -0.05) is 12.1 Å². The Morgan fingerprint density at radius 3 is 2.54 bits per heavy atom. The lowest BCUT2D eigenvalue weighted by atomic mass is 9.97. The Morgan fingerprint density at radius 2 is 1.96 bits per heavy atom. The average Bonchev–Trinajstić information content (AvgIpc) is 2.65. The standard InChI is InChI=1S/C17H15N5O3S/c1-25-17(24)21-6-7-26-16-13(9-19)14(12(8-18)15(20)22-16)10-2-4-11(23)5-3-10/h2-5,23H,6-7H2,1H3,(H2,20,22)(H,21,24). The Labute approximate surface area is 154 Å². The number of aromatic hydroxyl groups is 1. The number of aromatic nitrogens is 1. The Bertz CT molecular complexity index is 901. The van der Waals surface area contributed by atoms with Crippen molar-refractivity contribution in [1.29, 1.82) is 10.5 Å². The fourth-order valence-electron chi connectivity index (χ4n) is 2.19. The van der Waals surface area contributed by atoms with E-state index in [0.29, 0.717) is 28.5 Å². The molecule has 2 aromatic rings. The van der Waals surface area contributed by atoms with Crippen LogP contribution in [-0.4, -0.2) is 35.6 Å². The van der Waals surface area contributed by atoms with Crippen LogP contribution in [-0.2, 0) is 4.74 Å². The zero-order chi connectivity index (χ0) is 19.1. The van der Waals surface area contributed by atoms with Crippen LogP contribution < -0.4 is 11.1 Å². The van der Waals surface area contributed by atoms with Crippen molar-refractivity contribution in [1.82, 2.24) is 10.3 Å². The lowest BCUT2D eigenvalue weighted by molar-refractivity contribution is 0.172. The summed E-state index contributed by atoms with van der Waals surface area (Å²) in [6, 6.07) is 10.2. The minimum absolute atomic E-state index is 0.0120. The lowest BCUT2D eigenvalue weighted by Crippen LogP contribution is -2.25. The summed E-state index contributed by atoms with van der Waals surface area (Å²) in [7, 11) is 1.27. The number of nitriles is 2. The predicted octanol–water partition coefficient (Wildman–Crippen LogP) is 2.23. The van der Waals surface area contributed by atoms with Gasteiger partial charge >= 0.3 is 6.09 Å². The molecule has 0 saturated carbocycles. The molecule has 0 unspecified atom stereocenters. The molecule has 26 heavy (non-hydrogen) atoms. The molecule has 1 amide bonds. The maximum Gasteiger partial charge on any atom is 0.406 e. The van der Waals surface area contributed by atoms with Crippen LogP contribution in [0.1, 0.15) is 11.1 Å². The van der Waals surface area contributed by atoms with E-state index in [1.807, 2.05) is 6.07 Å². The second-order valence-electron chi connectivity index (χ2n) is 4.96. The Balaban J connectivity index is 2.42. The van der Waals surface area contributed by atoms with Gasteiger partial charge < -0.3 is 20.9 Å². The lowest BCUT2D eigenvalue weighted by Gasteiger charge is -2.13. The van der Waals surface area contributed by atoms with Gasteiger partial charge in [-0.05, 0) is 17.7 Å². The van der Waals surface area contributed by atoms with Gasteiger partial charge in [-0.25, -0.2) is 9.78 Å². The number of alkyl carbamates (subject to hydrolysis) is 1. The number of amides is 1. The number of pyridine rings is 1. The third kappa shape index (κ3) is 4.15. The molecular formula is C17H15N5O3S. The minimum atomic E-state index is -0.553. The first-order chi connectivity index (χ1) is 12.5. The fourth-order valence-corrected chi connectivity index (χ4v) is 3.04. The predicted molar refractivity (Wildman–Crippen MR) is 96.3 cm³/mol. The van der Waals surface area contributed by atoms with E-state index in [0.717, 1.165) is 0 Å². The number of thioether (sulfide) groups is 1. The minimum Gasteiger partial charge on any atom is -0.508 e. The van der Waals surface area contributed by atoms with Crippen molar-refractivity contribution in [3.8, 4) is 29.0 Å². The highest BCUT2D eigenvalue weighted by Crippen LogP contribution is 2.35. The van der Waals surface area contributed by atoms with E-state index in [1.165, 1.54) is 31.0 Å². The molecule has 0 radical (unpaired) electrons. The first-order valence-electron chi connectivity index (χ1n) is 7.39. The number of carbonyl (C=O) groups is 1. The second kappa shape index (κ2) is 8.60. The van der Waals surface area contributed by atoms with Crippen LogP contribution in [0.25, 0.3) is 11.1 Å². The fraction of sp³-hybridized carbons (Fsp3) is 0.176. The normalized spacial score (nSPS) is 9.81. The number of methoxy groups -OCH3 is 1. The van der Waals surface area contributed by atoms with Gasteiger partial charge in [-0.3, -0.25) is 0 Å². The molecule has 132 valence electrons. The highest BCUT2D eigenvalue weighted by Gasteiger charge is 2.20. The van der Waals surface area contributed by atoms with Crippen LogP contribution in [0.15, 0.2) is 29.3 Å². The molecule has 0 saturated heterocycles. The number of nitrogen functional groups attached to an aromatic ring is 1. The Hall–Kier alpha value is -3.43. The quantitative estimate of drug-likeness (QED) is 0.537. The molecule has 0 bridgehead atoms. The number of carbonyl (C=O) groups excluding carboxylic acids is 1. The molecule has 9 heteroatoms. The molecule has 1 heterocycles. The molecular weight excluding hydrogens is 354 g/mol. The number of phenols is 1. The van der Waals surface area contributed by atoms with Crippen molar-refractivity contribution in [2.24, 2.45) is 0 Å². The number of hydrogen-bond donors (Lipinski definition) is 3. The van der Waals surface area contributed by atoms with Crippen molar-refractivity contribution in [3.05, 3.63) is 35.4 Å². The SMILES string of the molecule is COC(=O)NCCSc1nc(N)c(C#N)c(-c2ccc(O)cc2)c1C#N. The Kier molecular flexibility index (Phi) is 6.25. The van der Waals surface area contributed by atoms with Crippen molar-refractivity contribution in [2.75, 3.05) is 25.1 Å². The number of nitrogens with one attached hydrogen (secondary N) is 1. The summed E-state index contributed by atoms with van der Waals surface area (Å²) in [6.07, 6.45) is -0.553. The zero-order valence-corrected chi connectivity index (χ0v) is 14.6. The number of hydrogen-bond acceptors (Lipinski definition) is 8. The van der Waals surface area contributed by atoms with Crippen LogP contribution >= 0.6 is 11.8 Å². The van der Waals surface area contributed by atoms with E-state index in [2.05, 4.69) is 21.1 Å². The molecule has 0 aliphatic heterocycles. The number of ether oxygens (including phenoxy) is 1. The largest absolute Gasteiger partial charge is 0.508 e.